The van der Waals surface area contributed by atoms with Gasteiger partial charge in [0, 0.05) is 25.2 Å². The second-order valence-electron chi connectivity index (χ2n) is 5.59. The van der Waals surface area contributed by atoms with Crippen molar-refractivity contribution in [2.45, 2.75) is 19.3 Å². The molecule has 0 aromatic heterocycles. The molecule has 2 heterocycles. The fourth-order valence-electron chi connectivity index (χ4n) is 3.17. The Morgan fingerprint density at radius 3 is 2.44 bits per heavy atom. The lowest BCUT2D eigenvalue weighted by molar-refractivity contribution is 0.0607. The molecule has 3 heteroatoms. The van der Waals surface area contributed by atoms with Crippen LogP contribution >= 0.6 is 0 Å². The van der Waals surface area contributed by atoms with Crippen molar-refractivity contribution >= 4 is 5.91 Å². The van der Waals surface area contributed by atoms with Gasteiger partial charge >= 0.3 is 0 Å². The van der Waals surface area contributed by atoms with Crippen LogP contribution in [-0.2, 0) is 0 Å². The van der Waals surface area contributed by atoms with Gasteiger partial charge < -0.3 is 10.2 Å². The van der Waals surface area contributed by atoms with Crippen molar-refractivity contribution in [1.82, 2.24) is 10.2 Å². The van der Waals surface area contributed by atoms with Crippen LogP contribution in [0.2, 0.25) is 0 Å². The molecule has 0 saturated carbocycles. The highest BCUT2D eigenvalue weighted by Crippen LogP contribution is 2.37. The lowest BCUT2D eigenvalue weighted by Gasteiger charge is -2.38. The third-order valence-electron chi connectivity index (χ3n) is 4.46. The van der Waals surface area contributed by atoms with E-state index in [1.165, 1.54) is 6.42 Å². The van der Waals surface area contributed by atoms with Crippen LogP contribution < -0.4 is 5.32 Å². The van der Waals surface area contributed by atoms with Crippen molar-refractivity contribution in [3.05, 3.63) is 35.9 Å². The van der Waals surface area contributed by atoms with Crippen molar-refractivity contribution in [1.29, 1.82) is 0 Å². The number of hydrogen-bond donors (Lipinski definition) is 1. The molecule has 96 valence electrons. The van der Waals surface area contributed by atoms with Gasteiger partial charge in [0.25, 0.3) is 5.91 Å². The molecule has 0 atom stereocenters. The quantitative estimate of drug-likeness (QED) is 0.818. The third-order valence-corrected chi connectivity index (χ3v) is 4.46. The molecule has 18 heavy (non-hydrogen) atoms. The zero-order valence-electron chi connectivity index (χ0n) is 10.7. The summed E-state index contributed by atoms with van der Waals surface area (Å²) >= 11 is 0. The highest BCUT2D eigenvalue weighted by atomic mass is 16.2. The van der Waals surface area contributed by atoms with Gasteiger partial charge in [0.05, 0.1) is 0 Å². The number of hydrogen-bond acceptors (Lipinski definition) is 2. The molecule has 0 bridgehead atoms. The van der Waals surface area contributed by atoms with E-state index in [0.717, 1.165) is 44.6 Å². The summed E-state index contributed by atoms with van der Waals surface area (Å²) in [5.74, 6) is 0.191. The summed E-state index contributed by atoms with van der Waals surface area (Å²) in [5.41, 5.74) is 1.30. The standard InChI is InChI=1S/C15H20N2O/c18-14(13-4-2-1-3-5-13)17-10-7-15(8-11-17)6-9-16-12-15/h1-5,16H,6-12H2. The number of piperidine rings is 1. The van der Waals surface area contributed by atoms with E-state index in [0.29, 0.717) is 5.41 Å². The predicted octanol–water partition coefficient (Wildman–Crippen LogP) is 1.90. The van der Waals surface area contributed by atoms with E-state index in [2.05, 4.69) is 5.32 Å². The maximum absolute atomic E-state index is 12.3. The number of likely N-dealkylation sites (tertiary alicyclic amines) is 1. The third kappa shape index (κ3) is 2.15. The number of rotatable bonds is 1. The first-order valence-corrected chi connectivity index (χ1v) is 6.84. The monoisotopic (exact) mass is 244 g/mol. The smallest absolute Gasteiger partial charge is 0.253 e. The first kappa shape index (κ1) is 11.7. The van der Waals surface area contributed by atoms with Crippen molar-refractivity contribution < 1.29 is 4.79 Å². The normalized spacial score (nSPS) is 22.3. The number of carbonyl (C=O) groups is 1. The van der Waals surface area contributed by atoms with Crippen molar-refractivity contribution in [3.63, 3.8) is 0 Å². The van der Waals surface area contributed by atoms with Crippen LogP contribution in [0.4, 0.5) is 0 Å². The molecule has 2 saturated heterocycles. The summed E-state index contributed by atoms with van der Waals surface area (Å²) < 4.78 is 0. The van der Waals surface area contributed by atoms with Crippen LogP contribution in [0, 0.1) is 5.41 Å². The fraction of sp³-hybridized carbons (Fsp3) is 0.533. The Hall–Kier alpha value is -1.35. The van der Waals surface area contributed by atoms with E-state index in [9.17, 15) is 4.79 Å². The van der Waals surface area contributed by atoms with Gasteiger partial charge in [0.2, 0.25) is 0 Å². The average molecular weight is 244 g/mol. The maximum atomic E-state index is 12.3. The summed E-state index contributed by atoms with van der Waals surface area (Å²) in [6.07, 6.45) is 3.58. The van der Waals surface area contributed by atoms with E-state index in [-0.39, 0.29) is 5.91 Å². The topological polar surface area (TPSA) is 32.3 Å². The molecule has 1 aromatic rings. The van der Waals surface area contributed by atoms with Gasteiger partial charge in [-0.15, -0.1) is 0 Å². The number of nitrogens with zero attached hydrogens (tertiary/aromatic N) is 1. The van der Waals surface area contributed by atoms with Crippen LogP contribution in [0.15, 0.2) is 30.3 Å². The van der Waals surface area contributed by atoms with Crippen LogP contribution in [-0.4, -0.2) is 37.0 Å². The van der Waals surface area contributed by atoms with Crippen LogP contribution in [0.1, 0.15) is 29.6 Å². The Kier molecular flexibility index (Phi) is 3.08. The molecule has 0 aliphatic carbocycles. The number of nitrogens with one attached hydrogen (secondary N) is 1. The van der Waals surface area contributed by atoms with Gasteiger partial charge in [-0.25, -0.2) is 0 Å². The molecule has 1 N–H and O–H groups in total. The van der Waals surface area contributed by atoms with E-state index < -0.39 is 0 Å². The molecule has 1 amide bonds. The number of amides is 1. The van der Waals surface area contributed by atoms with Crippen molar-refractivity contribution in [2.75, 3.05) is 26.2 Å². The minimum absolute atomic E-state index is 0.191. The second kappa shape index (κ2) is 4.73. The summed E-state index contributed by atoms with van der Waals surface area (Å²) in [7, 11) is 0. The van der Waals surface area contributed by atoms with Crippen LogP contribution in [0.5, 0.6) is 0 Å². The molecule has 2 aliphatic rings. The first-order chi connectivity index (χ1) is 8.79. The highest BCUT2D eigenvalue weighted by molar-refractivity contribution is 5.94. The van der Waals surface area contributed by atoms with Crippen LogP contribution in [0.25, 0.3) is 0 Å². The maximum Gasteiger partial charge on any atom is 0.253 e. The zero-order chi connectivity index (χ0) is 12.4. The van der Waals surface area contributed by atoms with Crippen molar-refractivity contribution in [2.24, 2.45) is 5.41 Å². The van der Waals surface area contributed by atoms with E-state index >= 15 is 0 Å². The molecular formula is C15H20N2O. The lowest BCUT2D eigenvalue weighted by atomic mass is 9.78. The molecule has 2 fully saturated rings. The van der Waals surface area contributed by atoms with Crippen molar-refractivity contribution in [3.8, 4) is 0 Å². The van der Waals surface area contributed by atoms with E-state index in [1.807, 2.05) is 35.2 Å². The fourth-order valence-corrected chi connectivity index (χ4v) is 3.17. The van der Waals surface area contributed by atoms with Gasteiger partial charge in [0.15, 0.2) is 0 Å². The van der Waals surface area contributed by atoms with E-state index in [1.54, 1.807) is 0 Å². The zero-order valence-corrected chi connectivity index (χ0v) is 10.7. The SMILES string of the molecule is O=C(c1ccccc1)N1CCC2(CCNC2)CC1. The van der Waals surface area contributed by atoms with Gasteiger partial charge in [-0.1, -0.05) is 18.2 Å². The number of carbonyl (C=O) groups excluding carboxylic acids is 1. The minimum atomic E-state index is 0.191. The average Bonchev–Trinajstić information content (AvgIpc) is 2.88. The van der Waals surface area contributed by atoms with Gasteiger partial charge in [-0.3, -0.25) is 4.79 Å². The first-order valence-electron chi connectivity index (χ1n) is 6.84. The summed E-state index contributed by atoms with van der Waals surface area (Å²) in [6, 6.07) is 9.62. The highest BCUT2D eigenvalue weighted by Gasteiger charge is 2.38. The molecule has 2 aliphatic heterocycles. The molecule has 3 nitrogen and oxygen atoms in total. The predicted molar refractivity (Wildman–Crippen MR) is 71.5 cm³/mol. The molecule has 3 rings (SSSR count). The van der Waals surface area contributed by atoms with Gasteiger partial charge in [0.1, 0.15) is 0 Å². The Morgan fingerprint density at radius 2 is 1.83 bits per heavy atom. The molecule has 0 radical (unpaired) electrons. The Morgan fingerprint density at radius 1 is 1.11 bits per heavy atom. The van der Waals surface area contributed by atoms with Gasteiger partial charge in [-0.05, 0) is 43.4 Å². The molecule has 1 aromatic carbocycles. The van der Waals surface area contributed by atoms with Crippen LogP contribution in [0.3, 0.4) is 0 Å². The summed E-state index contributed by atoms with van der Waals surface area (Å²) in [6.45, 7) is 4.11. The minimum Gasteiger partial charge on any atom is -0.339 e. The summed E-state index contributed by atoms with van der Waals surface area (Å²) in [5, 5.41) is 3.46. The second-order valence-corrected chi connectivity index (χ2v) is 5.59. The Labute approximate surface area is 108 Å². The Bertz CT molecular complexity index is 413. The van der Waals surface area contributed by atoms with E-state index in [4.69, 9.17) is 0 Å². The number of benzene rings is 1. The Balaban J connectivity index is 1.64. The summed E-state index contributed by atoms with van der Waals surface area (Å²) in [4.78, 5) is 14.3. The largest absolute Gasteiger partial charge is 0.339 e. The molecule has 0 unspecified atom stereocenters. The lowest BCUT2D eigenvalue weighted by Crippen LogP contribution is -2.44. The van der Waals surface area contributed by atoms with Gasteiger partial charge in [-0.2, -0.15) is 0 Å². The molecular weight excluding hydrogens is 224 g/mol. The molecule has 1 spiro atoms.